The average Bonchev–Trinajstić information content (AvgIpc) is 2.98. The maximum Gasteiger partial charge on any atom is 0.244 e. The number of rotatable bonds is 3. The van der Waals surface area contributed by atoms with Gasteiger partial charge in [0.15, 0.2) is 4.80 Å². The fourth-order valence-electron chi connectivity index (χ4n) is 2.43. The Hall–Kier alpha value is -1.59. The van der Waals surface area contributed by atoms with Gasteiger partial charge in [-0.2, -0.15) is 0 Å². The molecule has 0 fully saturated rings. The lowest BCUT2D eigenvalue weighted by atomic mass is 10.1. The van der Waals surface area contributed by atoms with Crippen LogP contribution in [0.25, 0.3) is 0 Å². The summed E-state index contributed by atoms with van der Waals surface area (Å²) in [6.45, 7) is 0.194. The van der Waals surface area contributed by atoms with Crippen molar-refractivity contribution in [3.8, 4) is 0 Å². The standard InChI is InChI=1S/C14H15N3OS.ClH/c15-14-17(6-7-19-14)9-13(18)16-12-5-4-10-2-1-3-11(10)8-12;/h4-8,15H,1-3,9H2,(H,16,18);1H. The van der Waals surface area contributed by atoms with E-state index in [1.165, 1.54) is 28.9 Å². The number of amides is 1. The minimum Gasteiger partial charge on any atom is -0.325 e. The van der Waals surface area contributed by atoms with Gasteiger partial charge in [-0.3, -0.25) is 10.2 Å². The van der Waals surface area contributed by atoms with Gasteiger partial charge in [-0.15, -0.1) is 23.7 Å². The van der Waals surface area contributed by atoms with Crippen LogP contribution >= 0.6 is 23.7 Å². The summed E-state index contributed by atoms with van der Waals surface area (Å²) in [5.74, 6) is -0.0881. The number of carbonyl (C=O) groups is 1. The molecule has 1 amide bonds. The summed E-state index contributed by atoms with van der Waals surface area (Å²) < 4.78 is 1.63. The maximum absolute atomic E-state index is 11.9. The number of halogens is 1. The zero-order chi connectivity index (χ0) is 13.2. The molecular weight excluding hydrogens is 294 g/mol. The second-order valence-corrected chi connectivity index (χ2v) is 5.62. The van der Waals surface area contributed by atoms with E-state index in [0.717, 1.165) is 18.5 Å². The van der Waals surface area contributed by atoms with Crippen molar-refractivity contribution in [2.75, 3.05) is 5.32 Å². The third-order valence-corrected chi connectivity index (χ3v) is 4.09. The van der Waals surface area contributed by atoms with Crippen LogP contribution in [-0.2, 0) is 24.2 Å². The van der Waals surface area contributed by atoms with Crippen molar-refractivity contribution in [2.24, 2.45) is 0 Å². The van der Waals surface area contributed by atoms with Gasteiger partial charge in [0, 0.05) is 17.3 Å². The predicted octanol–water partition coefficient (Wildman–Crippen LogP) is 2.58. The number of hydrogen-bond donors (Lipinski definition) is 2. The number of nitrogens with one attached hydrogen (secondary N) is 2. The summed E-state index contributed by atoms with van der Waals surface area (Å²) in [6.07, 6.45) is 5.22. The molecule has 0 unspecified atom stereocenters. The topological polar surface area (TPSA) is 57.9 Å². The number of hydrogen-bond acceptors (Lipinski definition) is 3. The number of aryl methyl sites for hydroxylation is 2. The number of fused-ring (bicyclic) bond motifs is 1. The lowest BCUT2D eigenvalue weighted by molar-refractivity contribution is -0.116. The highest BCUT2D eigenvalue weighted by molar-refractivity contribution is 7.06. The van der Waals surface area contributed by atoms with Gasteiger partial charge in [-0.05, 0) is 42.5 Å². The predicted molar refractivity (Wildman–Crippen MR) is 82.5 cm³/mol. The van der Waals surface area contributed by atoms with Crippen LogP contribution in [0.1, 0.15) is 17.5 Å². The molecule has 2 aromatic rings. The van der Waals surface area contributed by atoms with Gasteiger partial charge in [-0.1, -0.05) is 6.07 Å². The van der Waals surface area contributed by atoms with Crippen molar-refractivity contribution in [1.82, 2.24) is 4.57 Å². The molecule has 1 aliphatic carbocycles. The van der Waals surface area contributed by atoms with Crippen LogP contribution in [0.15, 0.2) is 29.8 Å². The lowest BCUT2D eigenvalue weighted by Crippen LogP contribution is -2.23. The van der Waals surface area contributed by atoms with Gasteiger partial charge in [-0.25, -0.2) is 0 Å². The molecule has 0 saturated heterocycles. The van der Waals surface area contributed by atoms with Gasteiger partial charge >= 0.3 is 0 Å². The largest absolute Gasteiger partial charge is 0.325 e. The van der Waals surface area contributed by atoms with Crippen LogP contribution in [0.5, 0.6) is 0 Å². The highest BCUT2D eigenvalue weighted by Crippen LogP contribution is 2.24. The van der Waals surface area contributed by atoms with Crippen LogP contribution in [0.4, 0.5) is 5.69 Å². The Morgan fingerprint density at radius 3 is 2.90 bits per heavy atom. The van der Waals surface area contributed by atoms with Crippen LogP contribution < -0.4 is 10.1 Å². The SMILES string of the molecule is Cl.N=c1sccn1CC(=O)Nc1ccc2c(c1)CCC2. The normalized spacial score (nSPS) is 12.6. The van der Waals surface area contributed by atoms with E-state index < -0.39 is 0 Å². The monoisotopic (exact) mass is 309 g/mol. The van der Waals surface area contributed by atoms with Crippen molar-refractivity contribution in [1.29, 1.82) is 5.41 Å². The van der Waals surface area contributed by atoms with Crippen molar-refractivity contribution >= 4 is 35.3 Å². The van der Waals surface area contributed by atoms with Crippen LogP contribution in [0.3, 0.4) is 0 Å². The van der Waals surface area contributed by atoms with Crippen LogP contribution in [0.2, 0.25) is 0 Å². The summed E-state index contributed by atoms with van der Waals surface area (Å²) in [5.41, 5.74) is 3.61. The summed E-state index contributed by atoms with van der Waals surface area (Å²) >= 11 is 1.32. The van der Waals surface area contributed by atoms with E-state index in [-0.39, 0.29) is 24.9 Å². The smallest absolute Gasteiger partial charge is 0.244 e. The van der Waals surface area contributed by atoms with E-state index in [0.29, 0.717) is 4.80 Å². The van der Waals surface area contributed by atoms with Crippen molar-refractivity contribution in [3.63, 3.8) is 0 Å². The number of carbonyl (C=O) groups excluding carboxylic acids is 1. The number of benzene rings is 1. The number of nitrogens with zero attached hydrogens (tertiary/aromatic N) is 1. The Balaban J connectivity index is 0.00000147. The molecule has 3 rings (SSSR count). The van der Waals surface area contributed by atoms with Gasteiger partial charge in [0.25, 0.3) is 0 Å². The quantitative estimate of drug-likeness (QED) is 0.899. The first-order valence-corrected chi connectivity index (χ1v) is 7.20. The Morgan fingerprint density at radius 1 is 1.35 bits per heavy atom. The number of anilines is 1. The highest BCUT2D eigenvalue weighted by Gasteiger charge is 2.12. The lowest BCUT2D eigenvalue weighted by Gasteiger charge is -2.08. The fraction of sp³-hybridized carbons (Fsp3) is 0.286. The van der Waals surface area contributed by atoms with E-state index in [1.807, 2.05) is 11.4 Å². The molecule has 1 heterocycles. The van der Waals surface area contributed by atoms with Crippen molar-refractivity contribution < 1.29 is 4.79 Å². The van der Waals surface area contributed by atoms with Crippen molar-refractivity contribution in [2.45, 2.75) is 25.8 Å². The third kappa shape index (κ3) is 3.11. The van der Waals surface area contributed by atoms with E-state index in [1.54, 1.807) is 10.8 Å². The molecule has 0 radical (unpaired) electrons. The van der Waals surface area contributed by atoms with Gasteiger partial charge in [0.2, 0.25) is 5.91 Å². The average molecular weight is 310 g/mol. The molecule has 6 heteroatoms. The fourth-order valence-corrected chi connectivity index (χ4v) is 3.03. The molecular formula is C14H16ClN3OS. The molecule has 20 heavy (non-hydrogen) atoms. The molecule has 1 aromatic carbocycles. The van der Waals surface area contributed by atoms with E-state index in [9.17, 15) is 4.79 Å². The molecule has 0 saturated carbocycles. The molecule has 106 valence electrons. The second kappa shape index (κ2) is 6.24. The summed E-state index contributed by atoms with van der Waals surface area (Å²) in [5, 5.41) is 12.3. The van der Waals surface area contributed by atoms with Crippen LogP contribution in [-0.4, -0.2) is 10.5 Å². The zero-order valence-electron chi connectivity index (χ0n) is 10.9. The summed E-state index contributed by atoms with van der Waals surface area (Å²) in [6, 6.07) is 6.13. The van der Waals surface area contributed by atoms with Crippen LogP contribution in [0, 0.1) is 5.41 Å². The second-order valence-electron chi connectivity index (χ2n) is 4.72. The Morgan fingerprint density at radius 2 is 2.15 bits per heavy atom. The van der Waals surface area contributed by atoms with E-state index in [2.05, 4.69) is 17.4 Å². The zero-order valence-corrected chi connectivity index (χ0v) is 12.5. The first-order valence-electron chi connectivity index (χ1n) is 6.32. The Kier molecular flexibility index (Phi) is 4.62. The minimum atomic E-state index is -0.0881. The minimum absolute atomic E-state index is 0. The van der Waals surface area contributed by atoms with Gasteiger partial charge in [0.05, 0.1) is 0 Å². The highest BCUT2D eigenvalue weighted by atomic mass is 35.5. The van der Waals surface area contributed by atoms with E-state index >= 15 is 0 Å². The molecule has 4 nitrogen and oxygen atoms in total. The number of thiazole rings is 1. The molecule has 0 spiro atoms. The van der Waals surface area contributed by atoms with E-state index in [4.69, 9.17) is 5.41 Å². The van der Waals surface area contributed by atoms with Crippen molar-refractivity contribution in [3.05, 3.63) is 45.7 Å². The molecule has 0 atom stereocenters. The molecule has 1 aliphatic rings. The van der Waals surface area contributed by atoms with Gasteiger partial charge < -0.3 is 9.88 Å². The molecule has 0 aliphatic heterocycles. The molecule has 0 bridgehead atoms. The third-order valence-electron chi connectivity index (χ3n) is 3.38. The first-order chi connectivity index (χ1) is 9.22. The first kappa shape index (κ1) is 14.8. The molecule has 1 aromatic heterocycles. The van der Waals surface area contributed by atoms with Gasteiger partial charge in [0.1, 0.15) is 6.54 Å². The Bertz CT molecular complexity index is 677. The maximum atomic E-state index is 11.9. The summed E-state index contributed by atoms with van der Waals surface area (Å²) in [4.78, 5) is 12.3. The molecule has 2 N–H and O–H groups in total. The summed E-state index contributed by atoms with van der Waals surface area (Å²) in [7, 11) is 0. The number of aromatic nitrogens is 1. The Labute approximate surface area is 127 Å².